The zero-order valence-corrected chi connectivity index (χ0v) is 17.7. The molecule has 2 aliphatic rings. The molecule has 8 nitrogen and oxygen atoms in total. The second-order valence-electron chi connectivity index (χ2n) is 8.53. The first-order valence-electron chi connectivity index (χ1n) is 11.2. The van der Waals surface area contributed by atoms with Crippen LogP contribution < -0.4 is 10.2 Å². The summed E-state index contributed by atoms with van der Waals surface area (Å²) in [6, 6.07) is 8.37. The van der Waals surface area contributed by atoms with Gasteiger partial charge in [0.25, 0.3) is 0 Å². The van der Waals surface area contributed by atoms with Crippen LogP contribution in [0, 0.1) is 5.92 Å². The van der Waals surface area contributed by atoms with E-state index in [-0.39, 0.29) is 11.8 Å². The fraction of sp³-hybridized carbons (Fsp3) is 0.478. The minimum atomic E-state index is 0.0665. The quantitative estimate of drug-likeness (QED) is 0.660. The first-order valence-corrected chi connectivity index (χ1v) is 11.2. The van der Waals surface area contributed by atoms with E-state index in [1.54, 1.807) is 12.5 Å². The molecular formula is C23H29N7O. The second-order valence-corrected chi connectivity index (χ2v) is 8.53. The Labute approximate surface area is 182 Å². The minimum Gasteiger partial charge on any atom is -0.356 e. The van der Waals surface area contributed by atoms with Gasteiger partial charge in [0.05, 0.1) is 23.5 Å². The molecule has 0 bridgehead atoms. The number of amides is 1. The highest BCUT2D eigenvalue weighted by molar-refractivity contribution is 5.87. The summed E-state index contributed by atoms with van der Waals surface area (Å²) in [7, 11) is 0. The van der Waals surface area contributed by atoms with Crippen LogP contribution in [0.25, 0.3) is 11.0 Å². The highest BCUT2D eigenvalue weighted by atomic mass is 16.1. The molecule has 1 amide bonds. The van der Waals surface area contributed by atoms with Crippen molar-refractivity contribution >= 4 is 22.8 Å². The molecule has 5 rings (SSSR count). The van der Waals surface area contributed by atoms with E-state index in [2.05, 4.69) is 41.1 Å². The number of carbonyl (C=O) groups is 1. The van der Waals surface area contributed by atoms with Crippen molar-refractivity contribution in [3.05, 3.63) is 48.7 Å². The third-order valence-electron chi connectivity index (χ3n) is 6.61. The molecule has 1 atom stereocenters. The molecule has 5 heterocycles. The second kappa shape index (κ2) is 9.01. The maximum atomic E-state index is 12.7. The van der Waals surface area contributed by atoms with Crippen molar-refractivity contribution in [2.75, 3.05) is 31.1 Å². The Hall–Kier alpha value is -3.00. The van der Waals surface area contributed by atoms with Gasteiger partial charge in [-0.25, -0.2) is 9.97 Å². The summed E-state index contributed by atoms with van der Waals surface area (Å²) in [4.78, 5) is 34.0. The predicted molar refractivity (Wildman–Crippen MR) is 120 cm³/mol. The Kier molecular flexibility index (Phi) is 5.80. The summed E-state index contributed by atoms with van der Waals surface area (Å²) in [6.07, 6.45) is 9.56. The van der Waals surface area contributed by atoms with E-state index in [1.807, 2.05) is 24.4 Å². The number of aromatic amines is 1. The third-order valence-corrected chi connectivity index (χ3v) is 6.61. The number of aromatic nitrogens is 4. The van der Waals surface area contributed by atoms with Crippen molar-refractivity contribution in [1.29, 1.82) is 0 Å². The van der Waals surface area contributed by atoms with E-state index in [4.69, 9.17) is 0 Å². The molecule has 0 aliphatic carbocycles. The van der Waals surface area contributed by atoms with E-state index in [0.29, 0.717) is 12.6 Å². The minimum absolute atomic E-state index is 0.0665. The van der Waals surface area contributed by atoms with Gasteiger partial charge in [-0.15, -0.1) is 0 Å². The zero-order valence-electron chi connectivity index (χ0n) is 17.7. The molecule has 2 fully saturated rings. The molecule has 0 saturated carbocycles. The van der Waals surface area contributed by atoms with Crippen LogP contribution in [0.3, 0.4) is 0 Å². The summed E-state index contributed by atoms with van der Waals surface area (Å²) in [5, 5.41) is 4.17. The molecule has 2 saturated heterocycles. The first-order chi connectivity index (χ1) is 15.3. The summed E-state index contributed by atoms with van der Waals surface area (Å²) in [5.74, 6) is 1.25. The van der Waals surface area contributed by atoms with Crippen molar-refractivity contribution in [3.8, 4) is 0 Å². The lowest BCUT2D eigenvalue weighted by molar-refractivity contribution is -0.127. The normalized spacial score (nSPS) is 20.8. The maximum absolute atomic E-state index is 12.7. The van der Waals surface area contributed by atoms with Crippen LogP contribution in [0.15, 0.2) is 43.0 Å². The molecule has 31 heavy (non-hydrogen) atoms. The number of anilines is 1. The lowest BCUT2D eigenvalue weighted by Crippen LogP contribution is -2.51. The van der Waals surface area contributed by atoms with Crippen LogP contribution in [-0.2, 0) is 11.3 Å². The molecule has 3 aromatic rings. The van der Waals surface area contributed by atoms with Gasteiger partial charge in [-0.1, -0.05) is 6.07 Å². The molecule has 2 aliphatic heterocycles. The van der Waals surface area contributed by atoms with Crippen LogP contribution >= 0.6 is 0 Å². The van der Waals surface area contributed by atoms with E-state index in [0.717, 1.165) is 74.4 Å². The van der Waals surface area contributed by atoms with Gasteiger partial charge in [0.2, 0.25) is 5.91 Å². The van der Waals surface area contributed by atoms with Crippen LogP contribution in [0.2, 0.25) is 0 Å². The van der Waals surface area contributed by atoms with Gasteiger partial charge >= 0.3 is 0 Å². The third kappa shape index (κ3) is 4.39. The van der Waals surface area contributed by atoms with Crippen molar-refractivity contribution in [2.24, 2.45) is 5.92 Å². The average Bonchev–Trinajstić information content (AvgIpc) is 3.32. The average molecular weight is 420 g/mol. The van der Waals surface area contributed by atoms with Gasteiger partial charge < -0.3 is 15.2 Å². The number of carbonyl (C=O) groups excluding carboxylic acids is 1. The van der Waals surface area contributed by atoms with E-state index in [1.165, 1.54) is 0 Å². The van der Waals surface area contributed by atoms with E-state index < -0.39 is 0 Å². The van der Waals surface area contributed by atoms with Gasteiger partial charge in [-0.2, -0.15) is 0 Å². The Bertz CT molecular complexity index is 1010. The molecule has 0 aromatic carbocycles. The smallest absolute Gasteiger partial charge is 0.224 e. The molecule has 162 valence electrons. The monoisotopic (exact) mass is 419 g/mol. The molecule has 0 spiro atoms. The van der Waals surface area contributed by atoms with Crippen molar-refractivity contribution in [1.82, 2.24) is 30.2 Å². The van der Waals surface area contributed by atoms with E-state index >= 15 is 0 Å². The fourth-order valence-electron chi connectivity index (χ4n) is 4.93. The topological polar surface area (TPSA) is 90.0 Å². The van der Waals surface area contributed by atoms with Crippen LogP contribution in [0.5, 0.6) is 0 Å². The molecule has 0 unspecified atom stereocenters. The number of fused-ring (bicyclic) bond motifs is 1. The van der Waals surface area contributed by atoms with Gasteiger partial charge in [-0.3, -0.25) is 14.7 Å². The number of likely N-dealkylation sites (tertiary alicyclic amines) is 1. The standard InChI is InChI=1S/C23H29N7O/c31-23(26-14-18-5-1-2-9-24-18)17-4-3-11-30(15-17)19-7-12-29(13-8-19)22-20-6-10-25-21(20)27-16-28-22/h1-2,5-6,9-10,16-17,19H,3-4,7-8,11-15H2,(H,26,31)(H,25,27,28)/t17-/m1/s1. The lowest BCUT2D eigenvalue weighted by Gasteiger charge is -2.42. The van der Waals surface area contributed by atoms with Crippen LogP contribution in [0.4, 0.5) is 5.82 Å². The Morgan fingerprint density at radius 3 is 2.84 bits per heavy atom. The number of piperidine rings is 2. The molecule has 0 radical (unpaired) electrons. The highest BCUT2D eigenvalue weighted by Crippen LogP contribution is 2.28. The number of pyridine rings is 1. The maximum Gasteiger partial charge on any atom is 0.224 e. The Balaban J connectivity index is 1.15. The largest absolute Gasteiger partial charge is 0.356 e. The predicted octanol–water partition coefficient (Wildman–Crippen LogP) is 2.35. The highest BCUT2D eigenvalue weighted by Gasteiger charge is 2.32. The SMILES string of the molecule is O=C(NCc1ccccn1)[C@@H]1CCCN(C2CCN(c3ncnc4[nH]ccc34)CC2)C1. The van der Waals surface area contributed by atoms with Crippen molar-refractivity contribution in [3.63, 3.8) is 0 Å². The van der Waals surface area contributed by atoms with Crippen LogP contribution in [-0.4, -0.2) is 63.0 Å². The summed E-state index contributed by atoms with van der Waals surface area (Å²) in [6.45, 7) is 4.41. The van der Waals surface area contributed by atoms with Crippen molar-refractivity contribution < 1.29 is 4.79 Å². The number of nitrogens with one attached hydrogen (secondary N) is 2. The van der Waals surface area contributed by atoms with Gasteiger partial charge in [-0.05, 0) is 50.4 Å². The van der Waals surface area contributed by atoms with Gasteiger partial charge in [0, 0.05) is 38.1 Å². The van der Waals surface area contributed by atoms with Crippen LogP contribution in [0.1, 0.15) is 31.4 Å². The summed E-state index contributed by atoms with van der Waals surface area (Å²) >= 11 is 0. The lowest BCUT2D eigenvalue weighted by atomic mass is 9.93. The molecule has 8 heteroatoms. The number of rotatable bonds is 5. The number of nitrogens with zero attached hydrogens (tertiary/aromatic N) is 5. The van der Waals surface area contributed by atoms with Crippen molar-refractivity contribution in [2.45, 2.75) is 38.3 Å². The Morgan fingerprint density at radius 2 is 2.00 bits per heavy atom. The van der Waals surface area contributed by atoms with E-state index in [9.17, 15) is 4.79 Å². The number of hydrogen-bond donors (Lipinski definition) is 2. The Morgan fingerprint density at radius 1 is 1.10 bits per heavy atom. The number of hydrogen-bond acceptors (Lipinski definition) is 6. The first kappa shape index (κ1) is 19.9. The molecule has 3 aromatic heterocycles. The summed E-state index contributed by atoms with van der Waals surface area (Å²) < 4.78 is 0. The summed E-state index contributed by atoms with van der Waals surface area (Å²) in [5.41, 5.74) is 1.79. The van der Waals surface area contributed by atoms with Gasteiger partial charge in [0.1, 0.15) is 17.8 Å². The zero-order chi connectivity index (χ0) is 21.0. The number of H-pyrrole nitrogens is 1. The molecule has 2 N–H and O–H groups in total. The van der Waals surface area contributed by atoms with Gasteiger partial charge in [0.15, 0.2) is 0 Å². The fourth-order valence-corrected chi connectivity index (χ4v) is 4.93. The molecular weight excluding hydrogens is 390 g/mol.